The molecule has 1 atom stereocenters. The van der Waals surface area contributed by atoms with Crippen LogP contribution in [0, 0.1) is 6.92 Å². The van der Waals surface area contributed by atoms with E-state index in [9.17, 15) is 14.4 Å². The monoisotopic (exact) mass is 247 g/mol. The van der Waals surface area contributed by atoms with Crippen molar-refractivity contribution in [2.75, 3.05) is 5.73 Å². The fraction of sp³-hybridized carbons (Fsp3) is 0.250. The fourth-order valence-corrected chi connectivity index (χ4v) is 1.69. The van der Waals surface area contributed by atoms with E-state index in [2.05, 4.69) is 10.6 Å². The molecule has 1 aromatic carbocycles. The van der Waals surface area contributed by atoms with Gasteiger partial charge in [-0.25, -0.2) is 0 Å². The second-order valence-corrected chi connectivity index (χ2v) is 4.21. The third kappa shape index (κ3) is 2.32. The van der Waals surface area contributed by atoms with Crippen LogP contribution in [-0.2, 0) is 9.59 Å². The van der Waals surface area contributed by atoms with Crippen LogP contribution in [0.3, 0.4) is 0 Å². The van der Waals surface area contributed by atoms with E-state index in [0.717, 1.165) is 5.56 Å². The second-order valence-electron chi connectivity index (χ2n) is 4.21. The molecule has 1 fully saturated rings. The topological polar surface area (TPSA) is 101 Å². The van der Waals surface area contributed by atoms with Gasteiger partial charge in [-0.3, -0.25) is 19.7 Å². The Morgan fingerprint density at radius 2 is 2.17 bits per heavy atom. The molecule has 1 aliphatic heterocycles. The molecule has 18 heavy (non-hydrogen) atoms. The minimum absolute atomic E-state index is 0.0219. The first kappa shape index (κ1) is 12.1. The lowest BCUT2D eigenvalue weighted by molar-refractivity contribution is -0.125. The smallest absolute Gasteiger partial charge is 0.252 e. The zero-order valence-corrected chi connectivity index (χ0v) is 9.82. The van der Waals surface area contributed by atoms with Gasteiger partial charge in [0.25, 0.3) is 5.91 Å². The van der Waals surface area contributed by atoms with Gasteiger partial charge >= 0.3 is 0 Å². The van der Waals surface area contributed by atoms with Gasteiger partial charge < -0.3 is 11.1 Å². The number of aryl methyl sites for hydroxylation is 1. The summed E-state index contributed by atoms with van der Waals surface area (Å²) >= 11 is 0. The molecule has 0 spiro atoms. The molecule has 1 aliphatic rings. The Bertz CT molecular complexity index is 539. The number of amides is 3. The van der Waals surface area contributed by atoms with E-state index in [0.29, 0.717) is 11.3 Å². The van der Waals surface area contributed by atoms with Crippen LogP contribution in [0.5, 0.6) is 0 Å². The van der Waals surface area contributed by atoms with Crippen molar-refractivity contribution in [3.63, 3.8) is 0 Å². The Morgan fingerprint density at radius 1 is 1.44 bits per heavy atom. The number of nitrogens with one attached hydrogen (secondary N) is 2. The molecular weight excluding hydrogens is 234 g/mol. The lowest BCUT2D eigenvalue weighted by Crippen LogP contribution is -2.40. The van der Waals surface area contributed by atoms with Crippen molar-refractivity contribution >= 4 is 23.4 Å². The summed E-state index contributed by atoms with van der Waals surface area (Å²) in [6.45, 7) is 1.83. The molecule has 0 saturated carbocycles. The van der Waals surface area contributed by atoms with Crippen molar-refractivity contribution in [3.05, 3.63) is 29.3 Å². The van der Waals surface area contributed by atoms with E-state index >= 15 is 0 Å². The fourth-order valence-electron chi connectivity index (χ4n) is 1.69. The zero-order valence-electron chi connectivity index (χ0n) is 9.82. The SMILES string of the molecule is Cc1ccc(C(=O)NC2CC(=O)NC2=O)cc1N. The molecule has 6 nitrogen and oxygen atoms in total. The van der Waals surface area contributed by atoms with E-state index in [1.54, 1.807) is 18.2 Å². The highest BCUT2D eigenvalue weighted by molar-refractivity contribution is 6.08. The maximum atomic E-state index is 11.9. The number of anilines is 1. The molecule has 0 bridgehead atoms. The number of carbonyl (C=O) groups is 3. The molecule has 0 radical (unpaired) electrons. The molecule has 94 valence electrons. The molecular formula is C12H13N3O3. The van der Waals surface area contributed by atoms with Gasteiger partial charge in [0.15, 0.2) is 0 Å². The Kier molecular flexibility index (Phi) is 3.01. The van der Waals surface area contributed by atoms with Crippen LogP contribution in [-0.4, -0.2) is 23.8 Å². The third-order valence-electron chi connectivity index (χ3n) is 2.82. The molecule has 3 amide bonds. The number of nitrogens with two attached hydrogens (primary N) is 1. The standard InChI is InChI=1S/C12H13N3O3/c1-6-2-3-7(4-8(6)13)11(17)14-9-5-10(16)15-12(9)18/h2-4,9H,5,13H2,1H3,(H,14,17)(H,15,16,18). The number of imide groups is 1. The molecule has 1 aromatic rings. The van der Waals surface area contributed by atoms with Crippen LogP contribution in [0.25, 0.3) is 0 Å². The highest BCUT2D eigenvalue weighted by atomic mass is 16.2. The van der Waals surface area contributed by atoms with Crippen molar-refractivity contribution in [1.82, 2.24) is 10.6 Å². The number of hydrogen-bond donors (Lipinski definition) is 3. The van der Waals surface area contributed by atoms with E-state index in [1.165, 1.54) is 0 Å². The summed E-state index contributed by atoms with van der Waals surface area (Å²) in [4.78, 5) is 34.1. The van der Waals surface area contributed by atoms with E-state index in [4.69, 9.17) is 5.73 Å². The van der Waals surface area contributed by atoms with Gasteiger partial charge in [0.05, 0.1) is 6.42 Å². The molecule has 1 heterocycles. The molecule has 6 heteroatoms. The molecule has 0 aromatic heterocycles. The number of rotatable bonds is 2. The summed E-state index contributed by atoms with van der Waals surface area (Å²) < 4.78 is 0. The van der Waals surface area contributed by atoms with Gasteiger partial charge in [-0.05, 0) is 24.6 Å². The van der Waals surface area contributed by atoms with E-state index in [1.807, 2.05) is 6.92 Å². The average Bonchev–Trinajstić information content (AvgIpc) is 2.61. The van der Waals surface area contributed by atoms with E-state index in [-0.39, 0.29) is 12.3 Å². The Labute approximate surface area is 104 Å². The normalized spacial score (nSPS) is 18.6. The van der Waals surface area contributed by atoms with Crippen molar-refractivity contribution in [2.24, 2.45) is 0 Å². The summed E-state index contributed by atoms with van der Waals surface area (Å²) in [6, 6.07) is 4.09. The van der Waals surface area contributed by atoms with E-state index < -0.39 is 17.9 Å². The first-order valence-corrected chi connectivity index (χ1v) is 5.48. The van der Waals surface area contributed by atoms with Gasteiger partial charge in [-0.2, -0.15) is 0 Å². The summed E-state index contributed by atoms with van der Waals surface area (Å²) in [5, 5.41) is 4.62. The van der Waals surface area contributed by atoms with Crippen molar-refractivity contribution in [3.8, 4) is 0 Å². The lowest BCUT2D eigenvalue weighted by atomic mass is 10.1. The molecule has 1 unspecified atom stereocenters. The minimum Gasteiger partial charge on any atom is -0.398 e. The van der Waals surface area contributed by atoms with Crippen LogP contribution in [0.4, 0.5) is 5.69 Å². The minimum atomic E-state index is -0.799. The Balaban J connectivity index is 2.10. The van der Waals surface area contributed by atoms with Crippen molar-refractivity contribution < 1.29 is 14.4 Å². The largest absolute Gasteiger partial charge is 0.398 e. The van der Waals surface area contributed by atoms with Crippen LogP contribution in [0.15, 0.2) is 18.2 Å². The van der Waals surface area contributed by atoms with Gasteiger partial charge in [-0.15, -0.1) is 0 Å². The van der Waals surface area contributed by atoms with Crippen LogP contribution < -0.4 is 16.4 Å². The van der Waals surface area contributed by atoms with Crippen molar-refractivity contribution in [2.45, 2.75) is 19.4 Å². The Morgan fingerprint density at radius 3 is 2.72 bits per heavy atom. The van der Waals surface area contributed by atoms with Gasteiger partial charge in [-0.1, -0.05) is 6.07 Å². The summed E-state index contributed by atoms with van der Waals surface area (Å²) in [7, 11) is 0. The highest BCUT2D eigenvalue weighted by Crippen LogP contribution is 2.13. The maximum Gasteiger partial charge on any atom is 0.252 e. The molecule has 1 saturated heterocycles. The van der Waals surface area contributed by atoms with Gasteiger partial charge in [0, 0.05) is 11.3 Å². The molecule has 2 rings (SSSR count). The quantitative estimate of drug-likeness (QED) is 0.494. The number of nitrogen functional groups attached to an aromatic ring is 1. The predicted octanol–water partition coefficient (Wildman–Crippen LogP) is -0.278. The van der Waals surface area contributed by atoms with Gasteiger partial charge in [0.2, 0.25) is 11.8 Å². The van der Waals surface area contributed by atoms with Crippen LogP contribution in [0.2, 0.25) is 0 Å². The highest BCUT2D eigenvalue weighted by Gasteiger charge is 2.31. The second kappa shape index (κ2) is 4.48. The van der Waals surface area contributed by atoms with Crippen LogP contribution >= 0.6 is 0 Å². The first-order valence-electron chi connectivity index (χ1n) is 5.48. The number of benzene rings is 1. The average molecular weight is 247 g/mol. The maximum absolute atomic E-state index is 11.9. The number of hydrogen-bond acceptors (Lipinski definition) is 4. The molecule has 0 aliphatic carbocycles. The zero-order chi connectivity index (χ0) is 13.3. The van der Waals surface area contributed by atoms with Crippen LogP contribution in [0.1, 0.15) is 22.3 Å². The van der Waals surface area contributed by atoms with Gasteiger partial charge in [0.1, 0.15) is 6.04 Å². The predicted molar refractivity (Wildman–Crippen MR) is 64.6 cm³/mol. The van der Waals surface area contributed by atoms with Crippen molar-refractivity contribution in [1.29, 1.82) is 0 Å². The number of carbonyl (C=O) groups excluding carboxylic acids is 3. The summed E-state index contributed by atoms with van der Waals surface area (Å²) in [5.41, 5.74) is 7.45. The third-order valence-corrected chi connectivity index (χ3v) is 2.82. The summed E-state index contributed by atoms with van der Waals surface area (Å²) in [5.74, 6) is -1.28. The molecule has 4 N–H and O–H groups in total. The lowest BCUT2D eigenvalue weighted by Gasteiger charge is -2.10. The summed E-state index contributed by atoms with van der Waals surface area (Å²) in [6.07, 6.45) is -0.0219. The first-order chi connectivity index (χ1) is 8.47. The Hall–Kier alpha value is -2.37.